The number of benzene rings is 1. The van der Waals surface area contributed by atoms with Gasteiger partial charge < -0.3 is 14.9 Å². The van der Waals surface area contributed by atoms with Crippen LogP contribution in [-0.2, 0) is 4.79 Å². The lowest BCUT2D eigenvalue weighted by Gasteiger charge is -2.12. The van der Waals surface area contributed by atoms with Gasteiger partial charge in [0.05, 0.1) is 4.34 Å². The number of rotatable bonds is 5. The number of ether oxygens (including phenoxy) is 1. The SMILES string of the molecule is O=C(O)C(COc1ccc(O)cc1)c1ccc(Cl)s1. The highest BCUT2D eigenvalue weighted by Gasteiger charge is 2.22. The summed E-state index contributed by atoms with van der Waals surface area (Å²) in [6.45, 7) is 0.0109. The molecule has 0 spiro atoms. The van der Waals surface area contributed by atoms with Crippen LogP contribution in [0.25, 0.3) is 0 Å². The van der Waals surface area contributed by atoms with Crippen LogP contribution in [0.15, 0.2) is 36.4 Å². The lowest BCUT2D eigenvalue weighted by atomic mass is 10.1. The van der Waals surface area contributed by atoms with Gasteiger partial charge >= 0.3 is 5.97 Å². The third-order valence-electron chi connectivity index (χ3n) is 2.49. The monoisotopic (exact) mass is 298 g/mol. The second kappa shape index (κ2) is 5.95. The van der Waals surface area contributed by atoms with Gasteiger partial charge in [-0.3, -0.25) is 4.79 Å². The number of aromatic hydroxyl groups is 1. The zero-order valence-electron chi connectivity index (χ0n) is 9.75. The number of phenolic OH excluding ortho intramolecular Hbond substituents is 1. The fourth-order valence-electron chi connectivity index (χ4n) is 1.51. The smallest absolute Gasteiger partial charge is 0.315 e. The number of thiophene rings is 1. The van der Waals surface area contributed by atoms with E-state index in [-0.39, 0.29) is 12.4 Å². The number of phenols is 1. The highest BCUT2D eigenvalue weighted by atomic mass is 35.5. The summed E-state index contributed by atoms with van der Waals surface area (Å²) >= 11 is 7.03. The van der Waals surface area contributed by atoms with Crippen molar-refractivity contribution in [3.05, 3.63) is 45.6 Å². The van der Waals surface area contributed by atoms with E-state index < -0.39 is 11.9 Å². The standard InChI is InChI=1S/C13H11ClO4S/c14-12-6-5-11(19-12)10(13(16)17)7-18-9-3-1-8(15)2-4-9/h1-6,10,15H,7H2,(H,16,17). The maximum atomic E-state index is 11.2. The Morgan fingerprint density at radius 2 is 1.95 bits per heavy atom. The largest absolute Gasteiger partial charge is 0.508 e. The van der Waals surface area contributed by atoms with Gasteiger partial charge in [-0.2, -0.15) is 0 Å². The first-order chi connectivity index (χ1) is 9.06. The Balaban J connectivity index is 2.06. The number of carboxylic acid groups (broad SMARTS) is 1. The predicted molar refractivity (Wildman–Crippen MR) is 73.3 cm³/mol. The molecule has 1 atom stereocenters. The van der Waals surface area contributed by atoms with Gasteiger partial charge in [0, 0.05) is 4.88 Å². The fourth-order valence-corrected chi connectivity index (χ4v) is 2.65. The van der Waals surface area contributed by atoms with Gasteiger partial charge in [-0.05, 0) is 36.4 Å². The summed E-state index contributed by atoms with van der Waals surface area (Å²) in [6, 6.07) is 9.47. The molecule has 100 valence electrons. The number of hydrogen-bond acceptors (Lipinski definition) is 4. The lowest BCUT2D eigenvalue weighted by molar-refractivity contribution is -0.139. The van der Waals surface area contributed by atoms with Gasteiger partial charge in [0.1, 0.15) is 24.0 Å². The molecular weight excluding hydrogens is 288 g/mol. The van der Waals surface area contributed by atoms with Crippen LogP contribution < -0.4 is 4.74 Å². The zero-order valence-corrected chi connectivity index (χ0v) is 11.3. The quantitative estimate of drug-likeness (QED) is 0.888. The predicted octanol–water partition coefficient (Wildman–Crippen LogP) is 3.35. The Morgan fingerprint density at radius 1 is 1.26 bits per heavy atom. The molecule has 4 nitrogen and oxygen atoms in total. The average Bonchev–Trinajstić information content (AvgIpc) is 2.78. The molecule has 1 aromatic carbocycles. The Kier molecular flexibility index (Phi) is 4.29. The number of aliphatic carboxylic acids is 1. The van der Waals surface area contributed by atoms with Crippen LogP contribution in [0, 0.1) is 0 Å². The first-order valence-corrected chi connectivity index (χ1v) is 6.65. The van der Waals surface area contributed by atoms with Crippen LogP contribution in [0.2, 0.25) is 4.34 Å². The summed E-state index contributed by atoms with van der Waals surface area (Å²) in [7, 11) is 0. The third-order valence-corrected chi connectivity index (χ3v) is 3.83. The van der Waals surface area contributed by atoms with Crippen molar-refractivity contribution in [2.45, 2.75) is 5.92 Å². The fraction of sp³-hybridized carbons (Fsp3) is 0.154. The summed E-state index contributed by atoms with van der Waals surface area (Å²) in [5.74, 6) is -1.08. The van der Waals surface area contributed by atoms with Crippen LogP contribution in [0.1, 0.15) is 10.8 Å². The molecule has 0 aliphatic carbocycles. The second-order valence-electron chi connectivity index (χ2n) is 3.84. The number of carbonyl (C=O) groups is 1. The molecule has 1 heterocycles. The summed E-state index contributed by atoms with van der Waals surface area (Å²) < 4.78 is 5.97. The van der Waals surface area contributed by atoms with Crippen molar-refractivity contribution in [3.63, 3.8) is 0 Å². The number of carboxylic acids is 1. The molecule has 2 N–H and O–H groups in total. The van der Waals surface area contributed by atoms with Crippen molar-refractivity contribution in [2.75, 3.05) is 6.61 Å². The molecule has 6 heteroatoms. The first-order valence-electron chi connectivity index (χ1n) is 5.46. The highest BCUT2D eigenvalue weighted by molar-refractivity contribution is 7.16. The lowest BCUT2D eigenvalue weighted by Crippen LogP contribution is -2.18. The summed E-state index contributed by atoms with van der Waals surface area (Å²) in [5.41, 5.74) is 0. The van der Waals surface area contributed by atoms with E-state index in [1.165, 1.54) is 23.5 Å². The molecule has 0 saturated carbocycles. The van der Waals surface area contributed by atoms with E-state index in [1.807, 2.05) is 0 Å². The molecule has 0 saturated heterocycles. The molecule has 0 amide bonds. The van der Waals surface area contributed by atoms with Crippen molar-refractivity contribution in [2.24, 2.45) is 0 Å². The van der Waals surface area contributed by atoms with Crippen LogP contribution in [-0.4, -0.2) is 22.8 Å². The minimum atomic E-state index is -0.961. The molecule has 1 unspecified atom stereocenters. The Labute approximate surface area is 118 Å². The highest BCUT2D eigenvalue weighted by Crippen LogP contribution is 2.29. The van der Waals surface area contributed by atoms with Crippen molar-refractivity contribution in [3.8, 4) is 11.5 Å². The third kappa shape index (κ3) is 3.62. The molecule has 19 heavy (non-hydrogen) atoms. The minimum absolute atomic E-state index is 0.0109. The zero-order chi connectivity index (χ0) is 13.8. The van der Waals surface area contributed by atoms with Gasteiger partial charge in [0.25, 0.3) is 0 Å². The van der Waals surface area contributed by atoms with E-state index in [4.69, 9.17) is 21.4 Å². The summed E-state index contributed by atoms with van der Waals surface area (Å²) in [5, 5.41) is 18.3. The van der Waals surface area contributed by atoms with Gasteiger partial charge in [-0.15, -0.1) is 11.3 Å². The molecule has 1 aromatic heterocycles. The van der Waals surface area contributed by atoms with E-state index in [0.717, 1.165) is 0 Å². The van der Waals surface area contributed by atoms with Crippen molar-refractivity contribution < 1.29 is 19.7 Å². The van der Waals surface area contributed by atoms with Crippen LogP contribution in [0.3, 0.4) is 0 Å². The molecular formula is C13H11ClO4S. The van der Waals surface area contributed by atoms with Crippen molar-refractivity contribution in [1.29, 1.82) is 0 Å². The van der Waals surface area contributed by atoms with E-state index in [2.05, 4.69) is 0 Å². The second-order valence-corrected chi connectivity index (χ2v) is 5.58. The molecule has 2 aromatic rings. The Bertz CT molecular complexity index is 564. The van der Waals surface area contributed by atoms with E-state index in [9.17, 15) is 9.90 Å². The van der Waals surface area contributed by atoms with Gasteiger partial charge in [0.15, 0.2) is 0 Å². The summed E-state index contributed by atoms with van der Waals surface area (Å²) in [6.07, 6.45) is 0. The van der Waals surface area contributed by atoms with E-state index in [0.29, 0.717) is 15.0 Å². The van der Waals surface area contributed by atoms with Crippen LogP contribution >= 0.6 is 22.9 Å². The van der Waals surface area contributed by atoms with Crippen LogP contribution in [0.4, 0.5) is 0 Å². The summed E-state index contributed by atoms with van der Waals surface area (Å²) in [4.78, 5) is 11.9. The Hall–Kier alpha value is -1.72. The van der Waals surface area contributed by atoms with Crippen LogP contribution in [0.5, 0.6) is 11.5 Å². The average molecular weight is 299 g/mol. The molecule has 0 fully saturated rings. The maximum absolute atomic E-state index is 11.2. The van der Waals surface area contributed by atoms with Gasteiger partial charge in [0.2, 0.25) is 0 Å². The molecule has 0 bridgehead atoms. The van der Waals surface area contributed by atoms with Crippen molar-refractivity contribution >= 4 is 28.9 Å². The van der Waals surface area contributed by atoms with Gasteiger partial charge in [-0.1, -0.05) is 11.6 Å². The number of halogens is 1. The molecule has 0 aliphatic heterocycles. The Morgan fingerprint density at radius 3 is 2.47 bits per heavy atom. The molecule has 2 rings (SSSR count). The molecule has 0 radical (unpaired) electrons. The van der Waals surface area contributed by atoms with E-state index in [1.54, 1.807) is 24.3 Å². The maximum Gasteiger partial charge on any atom is 0.315 e. The molecule has 0 aliphatic rings. The van der Waals surface area contributed by atoms with E-state index >= 15 is 0 Å². The van der Waals surface area contributed by atoms with Crippen molar-refractivity contribution in [1.82, 2.24) is 0 Å². The topological polar surface area (TPSA) is 66.8 Å². The number of hydrogen-bond donors (Lipinski definition) is 2. The normalized spacial score (nSPS) is 12.1. The minimum Gasteiger partial charge on any atom is -0.508 e. The first kappa shape index (κ1) is 13.7. The van der Waals surface area contributed by atoms with Gasteiger partial charge in [-0.25, -0.2) is 0 Å².